The van der Waals surface area contributed by atoms with Crippen LogP contribution in [0.4, 0.5) is 5.82 Å². The molecule has 7 heteroatoms. The van der Waals surface area contributed by atoms with Crippen LogP contribution < -0.4 is 5.32 Å². The summed E-state index contributed by atoms with van der Waals surface area (Å²) in [7, 11) is 3.05. The number of rotatable bonds is 3. The molecule has 0 atom stereocenters. The van der Waals surface area contributed by atoms with E-state index in [2.05, 4.69) is 10.4 Å². The van der Waals surface area contributed by atoms with E-state index in [9.17, 15) is 14.9 Å². The number of nitro groups is 1. The van der Waals surface area contributed by atoms with Crippen LogP contribution >= 0.6 is 0 Å². The number of nitrogens with one attached hydrogen (secondary N) is 1. The van der Waals surface area contributed by atoms with E-state index < -0.39 is 4.92 Å². The molecule has 80 valence electrons. The summed E-state index contributed by atoms with van der Waals surface area (Å²) >= 11 is 0. The molecule has 0 aromatic carbocycles. The van der Waals surface area contributed by atoms with Crippen molar-refractivity contribution >= 4 is 17.8 Å². The molecule has 1 amide bonds. The Balaban J connectivity index is 2.98. The quantitative estimate of drug-likeness (QED) is 0.434. The Morgan fingerprint density at radius 2 is 2.40 bits per heavy atom. The van der Waals surface area contributed by atoms with Crippen LogP contribution in [0, 0.1) is 10.1 Å². The second-order valence-electron chi connectivity index (χ2n) is 2.79. The molecule has 0 aliphatic carbocycles. The van der Waals surface area contributed by atoms with Crippen molar-refractivity contribution < 1.29 is 9.72 Å². The topological polar surface area (TPSA) is 90.1 Å². The molecule has 1 aromatic rings. The molecule has 15 heavy (non-hydrogen) atoms. The molecule has 1 heterocycles. The largest absolute Gasteiger partial charge is 0.397 e. The monoisotopic (exact) mass is 210 g/mol. The number of hydrogen-bond acceptors (Lipinski definition) is 4. The van der Waals surface area contributed by atoms with Crippen LogP contribution in [0.25, 0.3) is 6.08 Å². The minimum Gasteiger partial charge on any atom is -0.358 e. The molecule has 0 aliphatic heterocycles. The fourth-order valence-corrected chi connectivity index (χ4v) is 1.00. The first-order valence-electron chi connectivity index (χ1n) is 4.12. The van der Waals surface area contributed by atoms with E-state index >= 15 is 0 Å². The third-order valence-electron chi connectivity index (χ3n) is 1.67. The number of nitrogens with zero attached hydrogens (tertiary/aromatic N) is 3. The zero-order valence-electron chi connectivity index (χ0n) is 8.30. The summed E-state index contributed by atoms with van der Waals surface area (Å²) in [5.41, 5.74) is 0.297. The fraction of sp³-hybridized carbons (Fsp3) is 0.250. The van der Waals surface area contributed by atoms with Crippen molar-refractivity contribution in [1.82, 2.24) is 15.1 Å². The van der Waals surface area contributed by atoms with Gasteiger partial charge in [0.15, 0.2) is 0 Å². The van der Waals surface area contributed by atoms with Crippen LogP contribution in [0.15, 0.2) is 12.3 Å². The van der Waals surface area contributed by atoms with Crippen molar-refractivity contribution in [3.8, 4) is 0 Å². The highest BCUT2D eigenvalue weighted by atomic mass is 16.6. The van der Waals surface area contributed by atoms with E-state index in [0.717, 1.165) is 0 Å². The minimum atomic E-state index is -0.594. The van der Waals surface area contributed by atoms with Gasteiger partial charge in [-0.1, -0.05) is 0 Å². The molecule has 7 nitrogen and oxygen atoms in total. The zero-order valence-corrected chi connectivity index (χ0v) is 8.30. The van der Waals surface area contributed by atoms with E-state index in [4.69, 9.17) is 0 Å². The van der Waals surface area contributed by atoms with Crippen molar-refractivity contribution in [3.05, 3.63) is 28.0 Å². The molecule has 0 unspecified atom stereocenters. The molecule has 1 aromatic heterocycles. The fourth-order valence-electron chi connectivity index (χ4n) is 1.00. The lowest BCUT2D eigenvalue weighted by atomic mass is 10.3. The molecule has 0 saturated heterocycles. The molecule has 1 N–H and O–H groups in total. The molecular formula is C8H10N4O3. The van der Waals surface area contributed by atoms with Gasteiger partial charge in [-0.3, -0.25) is 4.79 Å². The van der Waals surface area contributed by atoms with Gasteiger partial charge in [-0.15, -0.1) is 0 Å². The van der Waals surface area contributed by atoms with Gasteiger partial charge in [-0.05, 0) is 11.0 Å². The van der Waals surface area contributed by atoms with Gasteiger partial charge in [0.05, 0.1) is 23.9 Å². The number of aromatic nitrogens is 2. The maximum Gasteiger partial charge on any atom is 0.397 e. The first-order chi connectivity index (χ1) is 7.04. The summed E-state index contributed by atoms with van der Waals surface area (Å²) in [6.07, 6.45) is 4.03. The van der Waals surface area contributed by atoms with Crippen LogP contribution in [0.2, 0.25) is 0 Å². The molecule has 0 aliphatic rings. The minimum absolute atomic E-state index is 0.266. The van der Waals surface area contributed by atoms with Gasteiger partial charge in [0, 0.05) is 13.1 Å². The lowest BCUT2D eigenvalue weighted by Gasteiger charge is -1.90. The SMILES string of the molecule is CNC(=O)/C=C/c1cn(C)nc1[N+](=O)[O-]. The predicted octanol–water partition coefficient (Wildman–Crippen LogP) is 0.0875. The van der Waals surface area contributed by atoms with Gasteiger partial charge >= 0.3 is 5.82 Å². The Kier molecular flexibility index (Phi) is 3.17. The van der Waals surface area contributed by atoms with Crippen LogP contribution in [0.5, 0.6) is 0 Å². The highest BCUT2D eigenvalue weighted by molar-refractivity contribution is 5.91. The molecule has 0 radical (unpaired) electrons. The average Bonchev–Trinajstić information content (AvgIpc) is 2.56. The highest BCUT2D eigenvalue weighted by Crippen LogP contribution is 2.16. The van der Waals surface area contributed by atoms with Crippen LogP contribution in [0.3, 0.4) is 0 Å². The Hall–Kier alpha value is -2.18. The van der Waals surface area contributed by atoms with Crippen molar-refractivity contribution in [3.63, 3.8) is 0 Å². The number of likely N-dealkylation sites (N-methyl/N-ethyl adjacent to an activating group) is 1. The van der Waals surface area contributed by atoms with Crippen LogP contribution in [0.1, 0.15) is 5.56 Å². The summed E-state index contributed by atoms with van der Waals surface area (Å²) in [6.45, 7) is 0. The van der Waals surface area contributed by atoms with Crippen LogP contribution in [-0.2, 0) is 11.8 Å². The summed E-state index contributed by atoms with van der Waals surface area (Å²) in [4.78, 5) is 20.8. The second kappa shape index (κ2) is 4.36. The van der Waals surface area contributed by atoms with Gasteiger partial charge in [0.1, 0.15) is 0 Å². The van der Waals surface area contributed by atoms with Crippen molar-refractivity contribution in [2.75, 3.05) is 7.05 Å². The predicted molar refractivity (Wildman–Crippen MR) is 53.0 cm³/mol. The summed E-state index contributed by atoms with van der Waals surface area (Å²) in [5, 5.41) is 16.6. The van der Waals surface area contributed by atoms with Crippen molar-refractivity contribution in [1.29, 1.82) is 0 Å². The first kappa shape index (κ1) is 10.9. The maximum atomic E-state index is 10.9. The van der Waals surface area contributed by atoms with E-state index in [0.29, 0.717) is 5.56 Å². The summed E-state index contributed by atoms with van der Waals surface area (Å²) in [6, 6.07) is 0. The second-order valence-corrected chi connectivity index (χ2v) is 2.79. The third-order valence-corrected chi connectivity index (χ3v) is 1.67. The lowest BCUT2D eigenvalue weighted by Crippen LogP contribution is -2.13. The Morgan fingerprint density at radius 3 is 2.93 bits per heavy atom. The van der Waals surface area contributed by atoms with Crippen LogP contribution in [-0.4, -0.2) is 27.7 Å². The third kappa shape index (κ3) is 2.63. The molecule has 0 spiro atoms. The zero-order chi connectivity index (χ0) is 11.4. The molecular weight excluding hydrogens is 200 g/mol. The average molecular weight is 210 g/mol. The molecule has 0 fully saturated rings. The standard InChI is InChI=1S/C8H10N4O3/c1-9-7(13)4-3-6-5-11(2)10-8(6)12(14)15/h3-5H,1-2H3,(H,9,13)/b4-3+. The molecule has 0 bridgehead atoms. The number of carbonyl (C=O) groups excluding carboxylic acids is 1. The summed E-state index contributed by atoms with van der Waals surface area (Å²) < 4.78 is 1.32. The first-order valence-corrected chi connectivity index (χ1v) is 4.12. The van der Waals surface area contributed by atoms with E-state index in [-0.39, 0.29) is 11.7 Å². The number of hydrogen-bond donors (Lipinski definition) is 1. The van der Waals surface area contributed by atoms with E-state index in [1.807, 2.05) is 0 Å². The van der Waals surface area contributed by atoms with Gasteiger partial charge in [-0.25, -0.2) is 0 Å². The lowest BCUT2D eigenvalue weighted by molar-refractivity contribution is -0.390. The van der Waals surface area contributed by atoms with Gasteiger partial charge < -0.3 is 15.4 Å². The normalized spacial score (nSPS) is 10.5. The highest BCUT2D eigenvalue weighted by Gasteiger charge is 2.16. The Bertz CT molecular complexity index is 422. The van der Waals surface area contributed by atoms with E-state index in [1.54, 1.807) is 7.05 Å². The Labute approximate surface area is 85.5 Å². The molecule has 0 saturated carbocycles. The van der Waals surface area contributed by atoms with Crippen molar-refractivity contribution in [2.24, 2.45) is 7.05 Å². The van der Waals surface area contributed by atoms with Gasteiger partial charge in [0.25, 0.3) is 0 Å². The number of carbonyl (C=O) groups is 1. The van der Waals surface area contributed by atoms with Crippen molar-refractivity contribution in [2.45, 2.75) is 0 Å². The molecule has 1 rings (SSSR count). The van der Waals surface area contributed by atoms with E-state index in [1.165, 1.54) is 30.1 Å². The number of aryl methyl sites for hydroxylation is 1. The Morgan fingerprint density at radius 1 is 1.73 bits per heavy atom. The summed E-state index contributed by atoms with van der Waals surface area (Å²) in [5.74, 6) is -0.592. The maximum absolute atomic E-state index is 10.9. The smallest absolute Gasteiger partial charge is 0.358 e. The number of amides is 1. The van der Waals surface area contributed by atoms with Gasteiger partial charge in [-0.2, -0.15) is 4.68 Å². The van der Waals surface area contributed by atoms with Gasteiger partial charge in [0.2, 0.25) is 5.91 Å².